The highest BCUT2D eigenvalue weighted by Gasteiger charge is 2.12. The number of carbonyl (C=O) groups excluding carboxylic acids is 2. The molecule has 0 radical (unpaired) electrons. The van der Waals surface area contributed by atoms with Crippen LogP contribution in [0, 0.1) is 5.92 Å². The third-order valence-electron chi connectivity index (χ3n) is 2.70. The summed E-state index contributed by atoms with van der Waals surface area (Å²) >= 11 is 11.5. The van der Waals surface area contributed by atoms with Gasteiger partial charge in [0.1, 0.15) is 5.15 Å². The molecule has 1 aromatic rings. The second kappa shape index (κ2) is 8.20. The first kappa shape index (κ1) is 17.7. The molecule has 0 aliphatic rings. The number of carbonyl (C=O) groups is 2. The molecular weight excluding hydrogens is 313 g/mol. The van der Waals surface area contributed by atoms with Crippen molar-refractivity contribution in [2.24, 2.45) is 5.92 Å². The van der Waals surface area contributed by atoms with Crippen LogP contribution in [0.25, 0.3) is 0 Å². The summed E-state index contributed by atoms with van der Waals surface area (Å²) in [6.45, 7) is 6.01. The number of hydrogen-bond donors (Lipinski definition) is 2. The Kier molecular flexibility index (Phi) is 6.92. The van der Waals surface area contributed by atoms with E-state index in [9.17, 15) is 9.59 Å². The number of nitrogens with one attached hydrogen (secondary N) is 2. The van der Waals surface area contributed by atoms with E-state index < -0.39 is 5.91 Å². The van der Waals surface area contributed by atoms with Crippen LogP contribution in [0.4, 0.5) is 0 Å². The van der Waals surface area contributed by atoms with Crippen molar-refractivity contribution in [2.45, 2.75) is 33.2 Å². The third-order valence-corrected chi connectivity index (χ3v) is 3.39. The minimum absolute atomic E-state index is 0.0704. The number of halogens is 2. The van der Waals surface area contributed by atoms with E-state index >= 15 is 0 Å². The summed E-state index contributed by atoms with van der Waals surface area (Å²) < 4.78 is 0. The minimum Gasteiger partial charge on any atom is -0.352 e. The molecule has 0 aliphatic carbocycles. The summed E-state index contributed by atoms with van der Waals surface area (Å²) in [5.41, 5.74) is 0.257. The van der Waals surface area contributed by atoms with Gasteiger partial charge in [-0.25, -0.2) is 4.98 Å². The Morgan fingerprint density at radius 2 is 1.95 bits per heavy atom. The maximum atomic E-state index is 11.8. The van der Waals surface area contributed by atoms with Crippen LogP contribution >= 0.6 is 23.2 Å². The number of rotatable bonds is 6. The molecule has 1 heterocycles. The quantitative estimate of drug-likeness (QED) is 0.787. The Hall–Kier alpha value is -1.33. The summed E-state index contributed by atoms with van der Waals surface area (Å²) in [7, 11) is 0. The van der Waals surface area contributed by atoms with Crippen LogP contribution in [0.3, 0.4) is 0 Å². The van der Waals surface area contributed by atoms with Gasteiger partial charge in [-0.3, -0.25) is 9.59 Å². The van der Waals surface area contributed by atoms with Crippen molar-refractivity contribution < 1.29 is 9.59 Å². The molecule has 2 N–H and O–H groups in total. The minimum atomic E-state index is -0.423. The van der Waals surface area contributed by atoms with Gasteiger partial charge in [0, 0.05) is 12.2 Å². The highest BCUT2D eigenvalue weighted by molar-refractivity contribution is 6.41. The van der Waals surface area contributed by atoms with Crippen molar-refractivity contribution in [3.8, 4) is 0 Å². The molecule has 0 saturated carbocycles. The van der Waals surface area contributed by atoms with Gasteiger partial charge >= 0.3 is 0 Å². The molecule has 2 amide bonds. The second-order valence-electron chi connectivity index (χ2n) is 5.28. The SMILES string of the molecule is CC(C)CC(C)NC(=O)CNC(=O)c1cnc(Cl)c(Cl)c1. The van der Waals surface area contributed by atoms with E-state index in [4.69, 9.17) is 23.2 Å². The first-order valence-electron chi connectivity index (χ1n) is 6.68. The van der Waals surface area contributed by atoms with E-state index in [1.807, 2.05) is 6.92 Å². The highest BCUT2D eigenvalue weighted by atomic mass is 35.5. The van der Waals surface area contributed by atoms with E-state index in [1.165, 1.54) is 12.3 Å². The van der Waals surface area contributed by atoms with E-state index in [2.05, 4.69) is 29.5 Å². The lowest BCUT2D eigenvalue weighted by Crippen LogP contribution is -2.41. The zero-order chi connectivity index (χ0) is 16.0. The van der Waals surface area contributed by atoms with Gasteiger partial charge in [-0.05, 0) is 25.3 Å². The molecule has 5 nitrogen and oxygen atoms in total. The van der Waals surface area contributed by atoms with Crippen LogP contribution in [0.15, 0.2) is 12.3 Å². The number of aromatic nitrogens is 1. The van der Waals surface area contributed by atoms with E-state index in [0.717, 1.165) is 6.42 Å². The molecule has 0 aromatic carbocycles. The topological polar surface area (TPSA) is 71.1 Å². The third kappa shape index (κ3) is 6.31. The van der Waals surface area contributed by atoms with Crippen LogP contribution in [-0.4, -0.2) is 29.4 Å². The predicted octanol–water partition coefficient (Wildman–Crippen LogP) is 2.67. The summed E-state index contributed by atoms with van der Waals surface area (Å²) in [6, 6.07) is 1.48. The molecule has 21 heavy (non-hydrogen) atoms. The molecule has 0 saturated heterocycles. The fourth-order valence-corrected chi connectivity index (χ4v) is 2.17. The first-order chi connectivity index (χ1) is 9.79. The highest BCUT2D eigenvalue weighted by Crippen LogP contribution is 2.19. The standard InChI is InChI=1S/C14H19Cl2N3O2/c1-8(2)4-9(3)19-12(20)7-18-14(21)10-5-11(15)13(16)17-6-10/h5-6,8-9H,4,7H2,1-3H3,(H,18,21)(H,19,20). The number of hydrogen-bond acceptors (Lipinski definition) is 3. The summed E-state index contributed by atoms with van der Waals surface area (Å²) in [5.74, 6) is -0.158. The Morgan fingerprint density at radius 3 is 2.52 bits per heavy atom. The molecule has 1 rings (SSSR count). The van der Waals surface area contributed by atoms with Gasteiger partial charge in [-0.2, -0.15) is 0 Å². The maximum absolute atomic E-state index is 11.8. The lowest BCUT2D eigenvalue weighted by molar-refractivity contribution is -0.120. The van der Waals surface area contributed by atoms with Crippen LogP contribution < -0.4 is 10.6 Å². The summed E-state index contributed by atoms with van der Waals surface area (Å²) in [4.78, 5) is 27.3. The fraction of sp³-hybridized carbons (Fsp3) is 0.500. The zero-order valence-corrected chi connectivity index (χ0v) is 13.8. The van der Waals surface area contributed by atoms with E-state index in [0.29, 0.717) is 5.92 Å². The molecule has 0 aliphatic heterocycles. The van der Waals surface area contributed by atoms with Gasteiger partial charge in [-0.1, -0.05) is 37.0 Å². The maximum Gasteiger partial charge on any atom is 0.253 e. The van der Waals surface area contributed by atoms with Gasteiger partial charge in [-0.15, -0.1) is 0 Å². The van der Waals surface area contributed by atoms with E-state index in [-0.39, 0.29) is 34.2 Å². The van der Waals surface area contributed by atoms with E-state index in [1.54, 1.807) is 0 Å². The monoisotopic (exact) mass is 331 g/mol. The van der Waals surface area contributed by atoms with Gasteiger partial charge in [0.15, 0.2) is 0 Å². The van der Waals surface area contributed by atoms with Gasteiger partial charge in [0.05, 0.1) is 17.1 Å². The van der Waals surface area contributed by atoms with Crippen molar-refractivity contribution in [1.29, 1.82) is 0 Å². The second-order valence-corrected chi connectivity index (χ2v) is 6.04. The number of pyridine rings is 1. The van der Waals surface area contributed by atoms with Crippen molar-refractivity contribution in [1.82, 2.24) is 15.6 Å². The molecule has 7 heteroatoms. The van der Waals surface area contributed by atoms with Gasteiger partial charge < -0.3 is 10.6 Å². The lowest BCUT2D eigenvalue weighted by Gasteiger charge is -2.16. The van der Waals surface area contributed by atoms with Crippen LogP contribution in [-0.2, 0) is 4.79 Å². The zero-order valence-electron chi connectivity index (χ0n) is 12.2. The van der Waals surface area contributed by atoms with Crippen molar-refractivity contribution in [2.75, 3.05) is 6.54 Å². The van der Waals surface area contributed by atoms with Gasteiger partial charge in [0.25, 0.3) is 5.91 Å². The fourth-order valence-electron chi connectivity index (χ4n) is 1.90. The van der Waals surface area contributed by atoms with Crippen LogP contribution in [0.2, 0.25) is 10.2 Å². The molecule has 1 atom stereocenters. The summed E-state index contributed by atoms with van der Waals surface area (Å²) in [6.07, 6.45) is 2.19. The number of nitrogens with zero attached hydrogens (tertiary/aromatic N) is 1. The van der Waals surface area contributed by atoms with Crippen molar-refractivity contribution in [3.05, 3.63) is 28.0 Å². The van der Waals surface area contributed by atoms with Crippen molar-refractivity contribution in [3.63, 3.8) is 0 Å². The Labute approximate surface area is 134 Å². The molecule has 0 fully saturated rings. The summed E-state index contributed by atoms with van der Waals surface area (Å²) in [5, 5.41) is 5.66. The average Bonchev–Trinajstić information content (AvgIpc) is 2.38. The normalized spacial score (nSPS) is 12.1. The van der Waals surface area contributed by atoms with Crippen molar-refractivity contribution >= 4 is 35.0 Å². The molecule has 0 spiro atoms. The van der Waals surface area contributed by atoms with Gasteiger partial charge in [0.2, 0.25) is 5.91 Å². The Morgan fingerprint density at radius 1 is 1.29 bits per heavy atom. The van der Waals surface area contributed by atoms with Crippen LogP contribution in [0.5, 0.6) is 0 Å². The molecule has 1 aromatic heterocycles. The molecule has 0 bridgehead atoms. The first-order valence-corrected chi connectivity index (χ1v) is 7.43. The largest absolute Gasteiger partial charge is 0.352 e. The lowest BCUT2D eigenvalue weighted by atomic mass is 10.1. The average molecular weight is 332 g/mol. The Bertz CT molecular complexity index is 521. The van der Waals surface area contributed by atoms with Crippen LogP contribution in [0.1, 0.15) is 37.6 Å². The number of amides is 2. The predicted molar refractivity (Wildman–Crippen MR) is 83.6 cm³/mol. The molecular formula is C14H19Cl2N3O2. The smallest absolute Gasteiger partial charge is 0.253 e. The molecule has 116 valence electrons. The molecule has 1 unspecified atom stereocenters. The Balaban J connectivity index is 2.45.